The van der Waals surface area contributed by atoms with Crippen molar-refractivity contribution in [1.29, 1.82) is 0 Å². The van der Waals surface area contributed by atoms with Gasteiger partial charge in [-0.05, 0) is 63.2 Å². The summed E-state index contributed by atoms with van der Waals surface area (Å²) in [6.45, 7) is 3.72. The molecule has 19 heavy (non-hydrogen) atoms. The Morgan fingerprint density at radius 2 is 1.79 bits per heavy atom. The molecule has 0 atom stereocenters. The van der Waals surface area contributed by atoms with Crippen LogP contribution in [0.25, 0.3) is 0 Å². The standard InChI is InChI=1S/C13H19ClN2O2S/c14-12-4-6-13(7-5-12)19(17,18)15-8-3-11-16-9-1-2-10-16/h4-7,15H,1-3,8-11H2. The number of likely N-dealkylation sites (tertiary alicyclic amines) is 1. The molecule has 106 valence electrons. The average molecular weight is 303 g/mol. The quantitative estimate of drug-likeness (QED) is 0.819. The molecule has 1 heterocycles. The molecule has 0 spiro atoms. The van der Waals surface area contributed by atoms with Crippen LogP contribution in [0.3, 0.4) is 0 Å². The van der Waals surface area contributed by atoms with Crippen LogP contribution in [-0.2, 0) is 10.0 Å². The van der Waals surface area contributed by atoms with Gasteiger partial charge in [-0.3, -0.25) is 0 Å². The highest BCUT2D eigenvalue weighted by Gasteiger charge is 2.14. The van der Waals surface area contributed by atoms with Crippen molar-refractivity contribution in [2.45, 2.75) is 24.2 Å². The molecular formula is C13H19ClN2O2S. The minimum absolute atomic E-state index is 0.262. The van der Waals surface area contributed by atoms with Crippen molar-refractivity contribution >= 4 is 21.6 Å². The van der Waals surface area contributed by atoms with Gasteiger partial charge in [-0.25, -0.2) is 13.1 Å². The molecule has 0 amide bonds. The van der Waals surface area contributed by atoms with E-state index >= 15 is 0 Å². The molecule has 1 aliphatic rings. The van der Waals surface area contributed by atoms with Crippen LogP contribution in [0, 0.1) is 0 Å². The van der Waals surface area contributed by atoms with E-state index in [1.165, 1.54) is 25.0 Å². The maximum Gasteiger partial charge on any atom is 0.240 e. The second-order valence-corrected chi connectivity index (χ2v) is 6.96. The van der Waals surface area contributed by atoms with Crippen LogP contribution in [0.1, 0.15) is 19.3 Å². The van der Waals surface area contributed by atoms with Crippen LogP contribution >= 0.6 is 11.6 Å². The molecule has 0 unspecified atom stereocenters. The molecule has 1 aliphatic heterocycles. The van der Waals surface area contributed by atoms with Crippen LogP contribution in [0.2, 0.25) is 5.02 Å². The molecule has 1 aromatic carbocycles. The molecule has 2 rings (SSSR count). The summed E-state index contributed by atoms with van der Waals surface area (Å²) in [7, 11) is -3.40. The Morgan fingerprint density at radius 1 is 1.16 bits per heavy atom. The monoisotopic (exact) mass is 302 g/mol. The van der Waals surface area contributed by atoms with Gasteiger partial charge in [0, 0.05) is 11.6 Å². The fraction of sp³-hybridized carbons (Fsp3) is 0.538. The highest BCUT2D eigenvalue weighted by Crippen LogP contribution is 2.13. The van der Waals surface area contributed by atoms with E-state index in [1.807, 2.05) is 0 Å². The number of nitrogens with zero attached hydrogens (tertiary/aromatic N) is 1. The Bertz CT molecular complexity index is 496. The lowest BCUT2D eigenvalue weighted by Crippen LogP contribution is -2.28. The summed E-state index contributed by atoms with van der Waals surface area (Å²) in [4.78, 5) is 2.63. The fourth-order valence-electron chi connectivity index (χ4n) is 2.21. The van der Waals surface area contributed by atoms with Crippen LogP contribution in [0.15, 0.2) is 29.2 Å². The van der Waals surface area contributed by atoms with Gasteiger partial charge in [0.1, 0.15) is 0 Å². The summed E-state index contributed by atoms with van der Waals surface area (Å²) >= 11 is 5.74. The van der Waals surface area contributed by atoms with E-state index in [0.29, 0.717) is 11.6 Å². The minimum atomic E-state index is -3.40. The third-order valence-electron chi connectivity index (χ3n) is 3.27. The van der Waals surface area contributed by atoms with Gasteiger partial charge in [0.05, 0.1) is 4.90 Å². The number of nitrogens with one attached hydrogen (secondary N) is 1. The highest BCUT2D eigenvalue weighted by atomic mass is 35.5. The van der Waals surface area contributed by atoms with Gasteiger partial charge in [-0.1, -0.05) is 11.6 Å². The molecule has 6 heteroatoms. The molecule has 0 aromatic heterocycles. The van der Waals surface area contributed by atoms with E-state index in [9.17, 15) is 8.42 Å². The summed E-state index contributed by atoms with van der Waals surface area (Å²) in [5, 5.41) is 0.535. The van der Waals surface area contributed by atoms with Gasteiger partial charge in [0.25, 0.3) is 0 Å². The lowest BCUT2D eigenvalue weighted by atomic mass is 10.4. The number of hydrogen-bond donors (Lipinski definition) is 1. The van der Waals surface area contributed by atoms with Crippen molar-refractivity contribution < 1.29 is 8.42 Å². The smallest absolute Gasteiger partial charge is 0.240 e. The zero-order chi connectivity index (χ0) is 13.7. The van der Waals surface area contributed by atoms with E-state index in [4.69, 9.17) is 11.6 Å². The number of benzene rings is 1. The molecule has 0 bridgehead atoms. The van der Waals surface area contributed by atoms with Gasteiger partial charge in [0.15, 0.2) is 0 Å². The molecule has 0 aliphatic carbocycles. The average Bonchev–Trinajstić information content (AvgIpc) is 2.88. The molecule has 0 radical (unpaired) electrons. The molecule has 1 aromatic rings. The van der Waals surface area contributed by atoms with Crippen molar-refractivity contribution in [1.82, 2.24) is 9.62 Å². The topological polar surface area (TPSA) is 49.4 Å². The third kappa shape index (κ3) is 4.45. The van der Waals surface area contributed by atoms with Crippen LogP contribution in [0.4, 0.5) is 0 Å². The molecule has 1 N–H and O–H groups in total. The van der Waals surface area contributed by atoms with Crippen molar-refractivity contribution in [3.63, 3.8) is 0 Å². The lowest BCUT2D eigenvalue weighted by molar-refractivity contribution is 0.334. The van der Waals surface area contributed by atoms with Gasteiger partial charge < -0.3 is 4.90 Å². The van der Waals surface area contributed by atoms with Crippen LogP contribution in [-0.4, -0.2) is 39.5 Å². The number of sulfonamides is 1. The normalized spacial score (nSPS) is 16.9. The van der Waals surface area contributed by atoms with Gasteiger partial charge in [0.2, 0.25) is 10.0 Å². The number of halogens is 1. The zero-order valence-corrected chi connectivity index (χ0v) is 12.4. The Kier molecular flexibility index (Phi) is 5.21. The SMILES string of the molecule is O=S(=O)(NCCCN1CCCC1)c1ccc(Cl)cc1. The predicted molar refractivity (Wildman–Crippen MR) is 76.9 cm³/mol. The van der Waals surface area contributed by atoms with Crippen molar-refractivity contribution in [2.24, 2.45) is 0 Å². The first-order valence-corrected chi connectivity index (χ1v) is 8.42. The molecule has 1 saturated heterocycles. The highest BCUT2D eigenvalue weighted by molar-refractivity contribution is 7.89. The Hall–Kier alpha value is -0.620. The van der Waals surface area contributed by atoms with E-state index < -0.39 is 10.0 Å². The molecule has 0 saturated carbocycles. The summed E-state index contributed by atoms with van der Waals surface area (Å²) < 4.78 is 26.6. The van der Waals surface area contributed by atoms with E-state index in [1.54, 1.807) is 12.1 Å². The first-order chi connectivity index (χ1) is 9.08. The predicted octanol–water partition coefficient (Wildman–Crippen LogP) is 2.10. The Balaban J connectivity index is 1.79. The summed E-state index contributed by atoms with van der Waals surface area (Å²) in [6, 6.07) is 6.21. The molecule has 4 nitrogen and oxygen atoms in total. The zero-order valence-electron chi connectivity index (χ0n) is 10.8. The van der Waals surface area contributed by atoms with E-state index in [2.05, 4.69) is 9.62 Å². The van der Waals surface area contributed by atoms with Crippen molar-refractivity contribution in [3.05, 3.63) is 29.3 Å². The van der Waals surface area contributed by atoms with E-state index in [0.717, 1.165) is 26.1 Å². The fourth-order valence-corrected chi connectivity index (χ4v) is 3.41. The third-order valence-corrected chi connectivity index (χ3v) is 4.99. The van der Waals surface area contributed by atoms with E-state index in [-0.39, 0.29) is 4.90 Å². The maximum atomic E-state index is 12.0. The second kappa shape index (κ2) is 6.70. The van der Waals surface area contributed by atoms with Gasteiger partial charge >= 0.3 is 0 Å². The minimum Gasteiger partial charge on any atom is -0.303 e. The Labute approximate surface area is 119 Å². The van der Waals surface area contributed by atoms with Gasteiger partial charge in [-0.15, -0.1) is 0 Å². The largest absolute Gasteiger partial charge is 0.303 e. The molecular weight excluding hydrogens is 284 g/mol. The molecule has 1 fully saturated rings. The maximum absolute atomic E-state index is 12.0. The lowest BCUT2D eigenvalue weighted by Gasteiger charge is -2.14. The summed E-state index contributed by atoms with van der Waals surface area (Å²) in [5.74, 6) is 0. The van der Waals surface area contributed by atoms with Crippen LogP contribution < -0.4 is 4.72 Å². The van der Waals surface area contributed by atoms with Crippen molar-refractivity contribution in [2.75, 3.05) is 26.2 Å². The van der Waals surface area contributed by atoms with Gasteiger partial charge in [-0.2, -0.15) is 0 Å². The summed E-state index contributed by atoms with van der Waals surface area (Å²) in [5.41, 5.74) is 0. The number of hydrogen-bond acceptors (Lipinski definition) is 3. The van der Waals surface area contributed by atoms with Crippen LogP contribution in [0.5, 0.6) is 0 Å². The van der Waals surface area contributed by atoms with Crippen molar-refractivity contribution in [3.8, 4) is 0 Å². The number of rotatable bonds is 6. The summed E-state index contributed by atoms with van der Waals surface area (Å²) in [6.07, 6.45) is 3.36. The second-order valence-electron chi connectivity index (χ2n) is 4.75. The first-order valence-electron chi connectivity index (χ1n) is 6.55. The first kappa shape index (κ1) is 14.8. The Morgan fingerprint density at radius 3 is 2.42 bits per heavy atom.